The summed E-state index contributed by atoms with van der Waals surface area (Å²) in [7, 11) is 1.51. The first-order chi connectivity index (χ1) is 10.3. The van der Waals surface area contributed by atoms with Crippen molar-refractivity contribution in [3.05, 3.63) is 26.7 Å². The first-order valence-corrected chi connectivity index (χ1v) is 7.79. The van der Waals surface area contributed by atoms with Crippen LogP contribution < -0.4 is 17.0 Å². The molecule has 1 atom stereocenters. The van der Waals surface area contributed by atoms with E-state index in [9.17, 15) is 9.59 Å². The van der Waals surface area contributed by atoms with Gasteiger partial charge in [-0.15, -0.1) is 0 Å². The van der Waals surface area contributed by atoms with Crippen LogP contribution in [0, 0.1) is 0 Å². The van der Waals surface area contributed by atoms with Crippen LogP contribution in [0.5, 0.6) is 0 Å². The molecule has 7 heteroatoms. The number of nitrogens with zero attached hydrogens (tertiary/aromatic N) is 4. The van der Waals surface area contributed by atoms with Gasteiger partial charge < -0.3 is 10.3 Å². The molecule has 0 aliphatic rings. The molecule has 22 heavy (non-hydrogen) atoms. The maximum atomic E-state index is 12.6. The van der Waals surface area contributed by atoms with Crippen LogP contribution in [0.15, 0.2) is 9.59 Å². The van der Waals surface area contributed by atoms with Gasteiger partial charge in [0.25, 0.3) is 5.56 Å². The Morgan fingerprint density at radius 2 is 1.86 bits per heavy atom. The first-order valence-electron chi connectivity index (χ1n) is 7.79. The Morgan fingerprint density at radius 3 is 2.36 bits per heavy atom. The van der Waals surface area contributed by atoms with Gasteiger partial charge in [0, 0.05) is 32.1 Å². The molecule has 0 saturated carbocycles. The molecule has 0 aromatic carbocycles. The van der Waals surface area contributed by atoms with Crippen LogP contribution in [0.3, 0.4) is 0 Å². The first kappa shape index (κ1) is 16.5. The minimum atomic E-state index is -0.334. The lowest BCUT2D eigenvalue weighted by Gasteiger charge is -2.15. The predicted molar refractivity (Wildman–Crippen MR) is 87.3 cm³/mol. The maximum Gasteiger partial charge on any atom is 0.332 e. The Hall–Kier alpha value is -1.89. The molecule has 0 fully saturated rings. The zero-order valence-corrected chi connectivity index (χ0v) is 14.0. The summed E-state index contributed by atoms with van der Waals surface area (Å²) in [5, 5.41) is 0. The smallest absolute Gasteiger partial charge is 0.326 e. The number of rotatable bonds is 5. The molecular formula is C15H25N5O2. The Morgan fingerprint density at radius 1 is 1.23 bits per heavy atom. The van der Waals surface area contributed by atoms with Crippen molar-refractivity contribution in [2.75, 3.05) is 0 Å². The van der Waals surface area contributed by atoms with Crippen LogP contribution >= 0.6 is 0 Å². The van der Waals surface area contributed by atoms with E-state index >= 15 is 0 Å². The highest BCUT2D eigenvalue weighted by Crippen LogP contribution is 2.16. The maximum absolute atomic E-state index is 12.6. The molecule has 122 valence electrons. The van der Waals surface area contributed by atoms with E-state index in [0.717, 1.165) is 16.8 Å². The summed E-state index contributed by atoms with van der Waals surface area (Å²) >= 11 is 0. The average Bonchev–Trinajstić information content (AvgIpc) is 2.82. The molecule has 0 saturated heterocycles. The molecule has 0 spiro atoms. The quantitative estimate of drug-likeness (QED) is 0.884. The van der Waals surface area contributed by atoms with Gasteiger partial charge in [0.15, 0.2) is 11.2 Å². The molecule has 7 nitrogen and oxygen atoms in total. The van der Waals surface area contributed by atoms with Crippen molar-refractivity contribution in [3.63, 3.8) is 0 Å². The Kier molecular flexibility index (Phi) is 4.55. The molecule has 0 radical (unpaired) electrons. The van der Waals surface area contributed by atoms with E-state index in [0.29, 0.717) is 24.1 Å². The predicted octanol–water partition coefficient (Wildman–Crippen LogP) is 0.777. The fourth-order valence-corrected chi connectivity index (χ4v) is 2.66. The van der Waals surface area contributed by atoms with Crippen LogP contribution in [-0.2, 0) is 20.0 Å². The van der Waals surface area contributed by atoms with Crippen molar-refractivity contribution in [2.24, 2.45) is 12.8 Å². The van der Waals surface area contributed by atoms with Gasteiger partial charge in [0.05, 0.1) is 0 Å². The second kappa shape index (κ2) is 6.08. The third-order valence-electron chi connectivity index (χ3n) is 4.03. The zero-order valence-electron chi connectivity index (χ0n) is 14.0. The van der Waals surface area contributed by atoms with Crippen molar-refractivity contribution >= 4 is 11.2 Å². The van der Waals surface area contributed by atoms with Crippen molar-refractivity contribution in [1.29, 1.82) is 0 Å². The minimum Gasteiger partial charge on any atom is -0.326 e. The molecule has 2 N–H and O–H groups in total. The lowest BCUT2D eigenvalue weighted by Crippen LogP contribution is -2.40. The molecule has 2 heterocycles. The molecular weight excluding hydrogens is 282 g/mol. The molecule has 0 aliphatic heterocycles. The normalized spacial score (nSPS) is 13.2. The van der Waals surface area contributed by atoms with Gasteiger partial charge in [0.2, 0.25) is 0 Å². The second-order valence-electron chi connectivity index (χ2n) is 5.94. The highest BCUT2D eigenvalue weighted by atomic mass is 16.2. The molecule has 0 amide bonds. The highest BCUT2D eigenvalue weighted by molar-refractivity contribution is 5.71. The standard InChI is InChI=1S/C15H25N5O2/c1-6-10(16)8-19-11(7-2)17-13-12(19)14(21)18(5)15(22)20(13)9(3)4/h9-10H,6-8,16H2,1-5H3. The van der Waals surface area contributed by atoms with Crippen molar-refractivity contribution in [2.45, 2.75) is 59.2 Å². The van der Waals surface area contributed by atoms with E-state index in [1.807, 2.05) is 32.3 Å². The number of hydrogen-bond acceptors (Lipinski definition) is 4. The number of aryl methyl sites for hydroxylation is 1. The van der Waals surface area contributed by atoms with Gasteiger partial charge in [-0.3, -0.25) is 13.9 Å². The van der Waals surface area contributed by atoms with E-state index in [1.165, 1.54) is 7.05 Å². The summed E-state index contributed by atoms with van der Waals surface area (Å²) in [5.41, 5.74) is 6.35. The van der Waals surface area contributed by atoms with Crippen LogP contribution in [0.4, 0.5) is 0 Å². The fourth-order valence-electron chi connectivity index (χ4n) is 2.66. The molecule has 2 rings (SSSR count). The van der Waals surface area contributed by atoms with E-state index < -0.39 is 0 Å². The fraction of sp³-hybridized carbons (Fsp3) is 0.667. The van der Waals surface area contributed by atoms with E-state index in [-0.39, 0.29) is 23.3 Å². The third-order valence-corrected chi connectivity index (χ3v) is 4.03. The lowest BCUT2D eigenvalue weighted by molar-refractivity contribution is 0.529. The van der Waals surface area contributed by atoms with Crippen LogP contribution in [0.25, 0.3) is 11.2 Å². The SMILES string of the molecule is CCc1nc2c(c(=O)n(C)c(=O)n2C(C)C)n1CC(N)CC. The third kappa shape index (κ3) is 2.49. The minimum absolute atomic E-state index is 0.0492. The molecule has 0 bridgehead atoms. The lowest BCUT2D eigenvalue weighted by atomic mass is 10.2. The largest absolute Gasteiger partial charge is 0.332 e. The van der Waals surface area contributed by atoms with Gasteiger partial charge >= 0.3 is 5.69 Å². The summed E-state index contributed by atoms with van der Waals surface area (Å²) in [4.78, 5) is 29.5. The van der Waals surface area contributed by atoms with Gasteiger partial charge in [-0.1, -0.05) is 13.8 Å². The Bertz CT molecular complexity index is 797. The van der Waals surface area contributed by atoms with Gasteiger partial charge in [-0.2, -0.15) is 0 Å². The van der Waals surface area contributed by atoms with E-state index in [1.54, 1.807) is 4.57 Å². The highest BCUT2D eigenvalue weighted by Gasteiger charge is 2.21. The van der Waals surface area contributed by atoms with Crippen LogP contribution in [-0.4, -0.2) is 24.7 Å². The number of imidazole rings is 1. The zero-order chi connectivity index (χ0) is 16.6. The van der Waals surface area contributed by atoms with E-state index in [2.05, 4.69) is 4.98 Å². The van der Waals surface area contributed by atoms with Crippen molar-refractivity contribution in [3.8, 4) is 0 Å². The Labute approximate surface area is 129 Å². The topological polar surface area (TPSA) is 87.8 Å². The summed E-state index contributed by atoms with van der Waals surface area (Å²) in [6, 6.07) is -0.124. The molecule has 1 unspecified atom stereocenters. The molecule has 2 aromatic heterocycles. The summed E-state index contributed by atoms with van der Waals surface area (Å²) in [6.45, 7) is 8.35. The number of aromatic nitrogens is 4. The monoisotopic (exact) mass is 307 g/mol. The summed E-state index contributed by atoms with van der Waals surface area (Å²) in [6.07, 6.45) is 1.49. The van der Waals surface area contributed by atoms with Gasteiger partial charge in [-0.25, -0.2) is 9.78 Å². The van der Waals surface area contributed by atoms with Crippen molar-refractivity contribution < 1.29 is 0 Å². The number of nitrogens with two attached hydrogens (primary N) is 1. The molecule has 2 aromatic rings. The van der Waals surface area contributed by atoms with Crippen LogP contribution in [0.2, 0.25) is 0 Å². The summed E-state index contributed by atoms with van der Waals surface area (Å²) in [5.74, 6) is 0.788. The average molecular weight is 307 g/mol. The van der Waals surface area contributed by atoms with Crippen molar-refractivity contribution in [1.82, 2.24) is 18.7 Å². The number of fused-ring (bicyclic) bond motifs is 1. The second-order valence-corrected chi connectivity index (χ2v) is 5.94. The molecule has 0 aliphatic carbocycles. The summed E-state index contributed by atoms with van der Waals surface area (Å²) < 4.78 is 4.60. The van der Waals surface area contributed by atoms with Gasteiger partial charge in [0.1, 0.15) is 5.82 Å². The van der Waals surface area contributed by atoms with Gasteiger partial charge in [-0.05, 0) is 20.3 Å². The Balaban J connectivity index is 2.92. The number of hydrogen-bond donors (Lipinski definition) is 1. The van der Waals surface area contributed by atoms with Crippen LogP contribution in [0.1, 0.15) is 46.0 Å². The van der Waals surface area contributed by atoms with E-state index in [4.69, 9.17) is 5.73 Å².